The molecule has 2 aromatic heterocycles. The molecule has 0 spiro atoms. The van der Waals surface area contributed by atoms with Crippen molar-refractivity contribution >= 4 is 33.6 Å². The average Bonchev–Trinajstić information content (AvgIpc) is 2.60. The zero-order valence-electron chi connectivity index (χ0n) is 13.3. The highest BCUT2D eigenvalue weighted by atomic mass is 16.4. The lowest BCUT2D eigenvalue weighted by molar-refractivity contribution is 0.102. The smallest absolute Gasteiger partial charge is 0.336 e. The van der Waals surface area contributed by atoms with Gasteiger partial charge in [-0.05, 0) is 42.8 Å². The Morgan fingerprint density at radius 1 is 1.00 bits per heavy atom. The van der Waals surface area contributed by atoms with Crippen LogP contribution >= 0.6 is 0 Å². The molecular weight excluding hydrogens is 318 g/mol. The number of carbonyl (C=O) groups excluding carboxylic acids is 1. The Labute approximate surface area is 142 Å². The summed E-state index contributed by atoms with van der Waals surface area (Å²) in [5.41, 5.74) is 3.24. The predicted molar refractivity (Wildman–Crippen MR) is 94.7 cm³/mol. The van der Waals surface area contributed by atoms with Gasteiger partial charge in [0, 0.05) is 41.2 Å². The molecule has 0 atom stereocenters. The molecular formula is C19H13N3O3. The van der Waals surface area contributed by atoms with Gasteiger partial charge >= 0.3 is 5.63 Å². The van der Waals surface area contributed by atoms with Gasteiger partial charge in [0.25, 0.3) is 5.91 Å². The molecule has 0 bridgehead atoms. The highest BCUT2D eigenvalue weighted by Gasteiger charge is 2.09. The summed E-state index contributed by atoms with van der Waals surface area (Å²) >= 11 is 0. The van der Waals surface area contributed by atoms with Crippen LogP contribution < -0.4 is 10.9 Å². The first kappa shape index (κ1) is 15.0. The van der Waals surface area contributed by atoms with E-state index in [-0.39, 0.29) is 5.91 Å². The number of hydrogen-bond acceptors (Lipinski definition) is 5. The first-order valence-electron chi connectivity index (χ1n) is 7.67. The summed E-state index contributed by atoms with van der Waals surface area (Å²) in [6.07, 6.45) is 3.19. The van der Waals surface area contributed by atoms with E-state index in [0.717, 1.165) is 16.5 Å². The monoisotopic (exact) mass is 331 g/mol. The molecule has 0 aliphatic carbocycles. The molecule has 1 amide bonds. The molecule has 4 aromatic rings. The summed E-state index contributed by atoms with van der Waals surface area (Å²) in [6, 6.07) is 11.8. The van der Waals surface area contributed by atoms with Gasteiger partial charge in [0.1, 0.15) is 5.58 Å². The number of aryl methyl sites for hydroxylation is 1. The Bertz CT molecular complexity index is 1180. The number of carbonyl (C=O) groups is 1. The van der Waals surface area contributed by atoms with E-state index in [0.29, 0.717) is 22.4 Å². The third-order valence-electron chi connectivity index (χ3n) is 3.94. The fourth-order valence-electron chi connectivity index (χ4n) is 2.71. The highest BCUT2D eigenvalue weighted by molar-refractivity contribution is 6.06. The number of rotatable bonds is 2. The first-order valence-corrected chi connectivity index (χ1v) is 7.67. The van der Waals surface area contributed by atoms with E-state index in [1.54, 1.807) is 42.7 Å². The van der Waals surface area contributed by atoms with E-state index < -0.39 is 5.63 Å². The Kier molecular flexibility index (Phi) is 3.50. The van der Waals surface area contributed by atoms with Crippen molar-refractivity contribution < 1.29 is 9.21 Å². The maximum Gasteiger partial charge on any atom is 0.336 e. The Morgan fingerprint density at radius 3 is 2.64 bits per heavy atom. The number of nitrogens with one attached hydrogen (secondary N) is 1. The second kappa shape index (κ2) is 5.83. The van der Waals surface area contributed by atoms with E-state index in [1.807, 2.05) is 13.0 Å². The average molecular weight is 331 g/mol. The van der Waals surface area contributed by atoms with Crippen LogP contribution in [0.25, 0.3) is 22.0 Å². The van der Waals surface area contributed by atoms with Crippen LogP contribution in [0.2, 0.25) is 0 Å². The lowest BCUT2D eigenvalue weighted by atomic mass is 10.1. The standard InChI is InChI=1S/C19H13N3O3/c1-11-8-18(23)25-17-10-13(3-4-14(11)17)22-19(24)12-2-5-15-16(9-12)21-7-6-20-15/h2-10H,1H3,(H,22,24). The Balaban J connectivity index is 1.67. The minimum Gasteiger partial charge on any atom is -0.423 e. The molecule has 0 saturated carbocycles. The summed E-state index contributed by atoms with van der Waals surface area (Å²) < 4.78 is 5.20. The first-order chi connectivity index (χ1) is 12.1. The van der Waals surface area contributed by atoms with Gasteiger partial charge in [-0.2, -0.15) is 0 Å². The molecule has 0 saturated heterocycles. The molecule has 0 aliphatic rings. The third kappa shape index (κ3) is 2.85. The summed E-state index contributed by atoms with van der Waals surface area (Å²) in [6.45, 7) is 1.84. The number of aromatic nitrogens is 2. The molecule has 25 heavy (non-hydrogen) atoms. The van der Waals surface area contributed by atoms with Crippen LogP contribution in [0.1, 0.15) is 15.9 Å². The second-order valence-corrected chi connectivity index (χ2v) is 5.67. The number of amides is 1. The molecule has 4 rings (SSSR count). The van der Waals surface area contributed by atoms with Crippen molar-refractivity contribution in [1.29, 1.82) is 0 Å². The van der Waals surface area contributed by atoms with Crippen molar-refractivity contribution in [3.63, 3.8) is 0 Å². The second-order valence-electron chi connectivity index (χ2n) is 5.67. The van der Waals surface area contributed by atoms with Crippen LogP contribution in [-0.4, -0.2) is 15.9 Å². The molecule has 1 N–H and O–H groups in total. The Morgan fingerprint density at radius 2 is 1.80 bits per heavy atom. The van der Waals surface area contributed by atoms with Gasteiger partial charge in [0.05, 0.1) is 11.0 Å². The van der Waals surface area contributed by atoms with Crippen LogP contribution in [0.15, 0.2) is 64.1 Å². The van der Waals surface area contributed by atoms with Gasteiger partial charge in [0.15, 0.2) is 0 Å². The van der Waals surface area contributed by atoms with E-state index in [2.05, 4.69) is 15.3 Å². The van der Waals surface area contributed by atoms with Crippen LogP contribution in [0.3, 0.4) is 0 Å². The van der Waals surface area contributed by atoms with Crippen LogP contribution in [0.5, 0.6) is 0 Å². The lowest BCUT2D eigenvalue weighted by Crippen LogP contribution is -2.12. The number of fused-ring (bicyclic) bond motifs is 2. The normalized spacial score (nSPS) is 10.9. The zero-order valence-corrected chi connectivity index (χ0v) is 13.3. The van der Waals surface area contributed by atoms with Gasteiger partial charge in [-0.15, -0.1) is 0 Å². The van der Waals surface area contributed by atoms with E-state index in [1.165, 1.54) is 6.07 Å². The maximum atomic E-state index is 12.5. The summed E-state index contributed by atoms with van der Waals surface area (Å²) in [7, 11) is 0. The van der Waals surface area contributed by atoms with E-state index in [9.17, 15) is 9.59 Å². The van der Waals surface area contributed by atoms with Crippen molar-refractivity contribution in [3.05, 3.63) is 76.4 Å². The van der Waals surface area contributed by atoms with E-state index in [4.69, 9.17) is 4.42 Å². The molecule has 0 radical (unpaired) electrons. The fourth-order valence-corrected chi connectivity index (χ4v) is 2.71. The molecule has 0 aliphatic heterocycles. The minimum absolute atomic E-state index is 0.276. The quantitative estimate of drug-likeness (QED) is 0.570. The van der Waals surface area contributed by atoms with Crippen molar-refractivity contribution in [1.82, 2.24) is 9.97 Å². The summed E-state index contributed by atoms with van der Waals surface area (Å²) in [4.78, 5) is 32.4. The molecule has 2 heterocycles. The van der Waals surface area contributed by atoms with Crippen LogP contribution in [0, 0.1) is 6.92 Å². The lowest BCUT2D eigenvalue weighted by Gasteiger charge is -2.07. The Hall–Kier alpha value is -3.54. The van der Waals surface area contributed by atoms with Crippen molar-refractivity contribution in [2.24, 2.45) is 0 Å². The highest BCUT2D eigenvalue weighted by Crippen LogP contribution is 2.21. The minimum atomic E-state index is -0.415. The number of hydrogen-bond donors (Lipinski definition) is 1. The topological polar surface area (TPSA) is 85.1 Å². The van der Waals surface area contributed by atoms with E-state index >= 15 is 0 Å². The summed E-state index contributed by atoms with van der Waals surface area (Å²) in [5, 5.41) is 3.64. The summed E-state index contributed by atoms with van der Waals surface area (Å²) in [5.74, 6) is -0.276. The van der Waals surface area contributed by atoms with Crippen LogP contribution in [-0.2, 0) is 0 Å². The largest absolute Gasteiger partial charge is 0.423 e. The molecule has 122 valence electrons. The maximum absolute atomic E-state index is 12.5. The zero-order chi connectivity index (χ0) is 17.4. The SMILES string of the molecule is Cc1cc(=O)oc2cc(NC(=O)c3ccc4nccnc4c3)ccc12. The molecule has 2 aromatic carbocycles. The van der Waals surface area contributed by atoms with Gasteiger partial charge in [0.2, 0.25) is 0 Å². The van der Waals surface area contributed by atoms with Gasteiger partial charge in [-0.25, -0.2) is 4.79 Å². The molecule has 6 nitrogen and oxygen atoms in total. The van der Waals surface area contributed by atoms with Gasteiger partial charge < -0.3 is 9.73 Å². The van der Waals surface area contributed by atoms with Crippen molar-refractivity contribution in [3.8, 4) is 0 Å². The van der Waals surface area contributed by atoms with Crippen molar-refractivity contribution in [2.75, 3.05) is 5.32 Å². The molecule has 0 fully saturated rings. The fraction of sp³-hybridized carbons (Fsp3) is 0.0526. The predicted octanol–water partition coefficient (Wildman–Crippen LogP) is 3.30. The third-order valence-corrected chi connectivity index (χ3v) is 3.94. The van der Waals surface area contributed by atoms with Gasteiger partial charge in [-0.1, -0.05) is 0 Å². The molecule has 0 unspecified atom stereocenters. The van der Waals surface area contributed by atoms with Crippen molar-refractivity contribution in [2.45, 2.75) is 6.92 Å². The number of nitrogens with zero attached hydrogens (tertiary/aromatic N) is 2. The van der Waals surface area contributed by atoms with Gasteiger partial charge in [-0.3, -0.25) is 14.8 Å². The number of anilines is 1. The number of benzene rings is 2. The molecule has 6 heteroatoms. The van der Waals surface area contributed by atoms with Crippen LogP contribution in [0.4, 0.5) is 5.69 Å².